The molecule has 3 heterocycles. The number of urea groups is 1. The van der Waals surface area contributed by atoms with Crippen LogP contribution in [0, 0.1) is 0 Å². The number of benzene rings is 4. The van der Waals surface area contributed by atoms with Crippen LogP contribution < -0.4 is 10.6 Å². The monoisotopic (exact) mass is 746 g/mol. The Balaban J connectivity index is 1.03. The molecule has 10 nitrogen and oxygen atoms in total. The number of carbonyl (C=O) groups is 2. The number of carbonyl (C=O) groups excluding carboxylic acids is 2. The highest BCUT2D eigenvalue weighted by Gasteiger charge is 2.36. The summed E-state index contributed by atoms with van der Waals surface area (Å²) in [6.07, 6.45) is 5.50. The fourth-order valence-electron chi connectivity index (χ4n) is 8.25. The van der Waals surface area contributed by atoms with Gasteiger partial charge in [0.2, 0.25) is 0 Å². The summed E-state index contributed by atoms with van der Waals surface area (Å²) >= 11 is 0. The molecule has 290 valence electrons. The minimum atomic E-state index is -0.815. The Morgan fingerprint density at radius 1 is 0.818 bits per heavy atom. The SMILES string of the molecule is COC(=O)[C@H](Cc1ccccc1)NC(=O)NCc1ccccc1-c1ccc([C@@H]2O[C@H](CN3CCC[C@H]3CN3CCCC3)C[C@H](c3ccc(CO)cc3)O2)cc1. The third kappa shape index (κ3) is 10.2. The highest BCUT2D eigenvalue weighted by molar-refractivity contribution is 5.84. The minimum Gasteiger partial charge on any atom is -0.467 e. The summed E-state index contributed by atoms with van der Waals surface area (Å²) in [5.74, 6) is -0.500. The number of nitrogens with zero attached hydrogens (tertiary/aromatic N) is 2. The average Bonchev–Trinajstić information content (AvgIpc) is 3.92. The van der Waals surface area contributed by atoms with Gasteiger partial charge in [-0.1, -0.05) is 103 Å². The van der Waals surface area contributed by atoms with Crippen LogP contribution in [0.3, 0.4) is 0 Å². The zero-order chi connectivity index (χ0) is 38.0. The van der Waals surface area contributed by atoms with Crippen LogP contribution in [0.4, 0.5) is 4.79 Å². The summed E-state index contributed by atoms with van der Waals surface area (Å²) in [4.78, 5) is 30.8. The maximum Gasteiger partial charge on any atom is 0.328 e. The number of rotatable bonds is 14. The van der Waals surface area contributed by atoms with E-state index in [9.17, 15) is 14.7 Å². The predicted molar refractivity (Wildman–Crippen MR) is 212 cm³/mol. The molecule has 0 unspecified atom stereocenters. The molecule has 10 heteroatoms. The molecule has 3 fully saturated rings. The van der Waals surface area contributed by atoms with Crippen molar-refractivity contribution >= 4 is 12.0 Å². The molecule has 3 saturated heterocycles. The number of ether oxygens (including phenoxy) is 3. The summed E-state index contributed by atoms with van der Waals surface area (Å²) < 4.78 is 18.4. The van der Waals surface area contributed by atoms with Crippen LogP contribution in [-0.4, -0.2) is 84.9 Å². The maximum absolute atomic E-state index is 13.0. The molecule has 3 aliphatic rings. The molecule has 0 bridgehead atoms. The molecule has 7 rings (SSSR count). The zero-order valence-corrected chi connectivity index (χ0v) is 31.8. The van der Waals surface area contributed by atoms with Crippen LogP contribution in [0.15, 0.2) is 103 Å². The summed E-state index contributed by atoms with van der Waals surface area (Å²) in [5.41, 5.74) is 6.77. The Morgan fingerprint density at radius 2 is 1.55 bits per heavy atom. The molecule has 0 aliphatic carbocycles. The third-order valence-corrected chi connectivity index (χ3v) is 11.2. The molecule has 0 radical (unpaired) electrons. The molecule has 0 aromatic heterocycles. The molecular formula is C45H54N4O6. The Hall–Kier alpha value is -4.58. The molecule has 4 aromatic rings. The zero-order valence-electron chi connectivity index (χ0n) is 31.8. The van der Waals surface area contributed by atoms with Crippen LogP contribution in [0.25, 0.3) is 11.1 Å². The molecule has 4 aromatic carbocycles. The molecule has 55 heavy (non-hydrogen) atoms. The predicted octanol–water partition coefficient (Wildman–Crippen LogP) is 6.54. The molecule has 3 N–H and O–H groups in total. The van der Waals surface area contributed by atoms with E-state index in [2.05, 4.69) is 56.8 Å². The molecule has 0 spiro atoms. The maximum atomic E-state index is 13.0. The van der Waals surface area contributed by atoms with Crippen molar-refractivity contribution in [2.24, 2.45) is 0 Å². The van der Waals surface area contributed by atoms with Gasteiger partial charge in [-0.3, -0.25) is 4.90 Å². The van der Waals surface area contributed by atoms with E-state index in [0.717, 1.165) is 65.0 Å². The van der Waals surface area contributed by atoms with Crippen molar-refractivity contribution in [1.82, 2.24) is 20.4 Å². The van der Waals surface area contributed by atoms with Gasteiger partial charge in [-0.15, -0.1) is 0 Å². The first-order valence-corrected chi connectivity index (χ1v) is 19.8. The van der Waals surface area contributed by atoms with E-state index in [-0.39, 0.29) is 25.4 Å². The van der Waals surface area contributed by atoms with E-state index >= 15 is 0 Å². The number of esters is 1. The standard InChI is InChI=1S/C45H54N4O6/c1-53-43(51)41(26-32-10-3-2-4-11-32)47-45(52)46-28-37-12-5-6-14-40(37)34-19-21-36(22-20-34)44-54-39(27-42(55-44)35-17-15-33(31-50)16-18-35)30-49-25-9-13-38(49)29-48-23-7-8-24-48/h2-6,10-12,14-22,38-39,41-42,44,50H,7-9,13,23-31H2,1H3,(H2,46,47,52)/t38-,39-,41-,42+,44+/m0/s1. The van der Waals surface area contributed by atoms with Crippen molar-refractivity contribution in [1.29, 1.82) is 0 Å². The second-order valence-corrected chi connectivity index (χ2v) is 15.0. The van der Waals surface area contributed by atoms with Crippen LogP contribution in [0.2, 0.25) is 0 Å². The number of hydrogen-bond acceptors (Lipinski definition) is 8. The quantitative estimate of drug-likeness (QED) is 0.125. The van der Waals surface area contributed by atoms with Gasteiger partial charge in [0.05, 0.1) is 25.9 Å². The summed E-state index contributed by atoms with van der Waals surface area (Å²) in [6, 6.07) is 33.2. The Labute approximate surface area is 324 Å². The van der Waals surface area contributed by atoms with Gasteiger partial charge in [0.15, 0.2) is 6.29 Å². The Bertz CT molecular complexity index is 1830. The lowest BCUT2D eigenvalue weighted by molar-refractivity contribution is -0.253. The van der Waals surface area contributed by atoms with E-state index in [1.807, 2.05) is 66.7 Å². The molecule has 2 amide bonds. The van der Waals surface area contributed by atoms with E-state index in [1.165, 1.54) is 45.9 Å². The van der Waals surface area contributed by atoms with Gasteiger partial charge in [-0.25, -0.2) is 9.59 Å². The molecular weight excluding hydrogens is 693 g/mol. The summed E-state index contributed by atoms with van der Waals surface area (Å²) in [5, 5.41) is 15.4. The molecule has 3 aliphatic heterocycles. The fourth-order valence-corrected chi connectivity index (χ4v) is 8.25. The number of aliphatic hydroxyl groups excluding tert-OH is 1. The van der Waals surface area contributed by atoms with Crippen LogP contribution in [0.1, 0.15) is 72.3 Å². The van der Waals surface area contributed by atoms with Gasteiger partial charge in [0.1, 0.15) is 6.04 Å². The average molecular weight is 747 g/mol. The van der Waals surface area contributed by atoms with Gasteiger partial charge in [0.25, 0.3) is 0 Å². The van der Waals surface area contributed by atoms with E-state index < -0.39 is 24.3 Å². The van der Waals surface area contributed by atoms with Crippen LogP contribution in [0.5, 0.6) is 0 Å². The fraction of sp³-hybridized carbons (Fsp3) is 0.422. The lowest BCUT2D eigenvalue weighted by Gasteiger charge is -2.39. The van der Waals surface area contributed by atoms with Crippen molar-refractivity contribution < 1.29 is 28.9 Å². The highest BCUT2D eigenvalue weighted by Crippen LogP contribution is 2.39. The lowest BCUT2D eigenvalue weighted by Crippen LogP contribution is -2.47. The topological polar surface area (TPSA) is 113 Å². The summed E-state index contributed by atoms with van der Waals surface area (Å²) in [6.45, 7) is 5.83. The smallest absolute Gasteiger partial charge is 0.328 e. The van der Waals surface area contributed by atoms with Gasteiger partial charge < -0.3 is 34.9 Å². The van der Waals surface area contributed by atoms with E-state index in [4.69, 9.17) is 14.2 Å². The molecule has 5 atom stereocenters. The molecule has 0 saturated carbocycles. The van der Waals surface area contributed by atoms with Crippen molar-refractivity contribution in [3.8, 4) is 11.1 Å². The number of aliphatic hydroxyl groups is 1. The second kappa shape index (κ2) is 18.8. The van der Waals surface area contributed by atoms with E-state index in [1.54, 1.807) is 0 Å². The number of hydrogen-bond donors (Lipinski definition) is 3. The van der Waals surface area contributed by atoms with Crippen LogP contribution in [-0.2, 0) is 38.6 Å². The van der Waals surface area contributed by atoms with Crippen molar-refractivity contribution in [3.63, 3.8) is 0 Å². The minimum absolute atomic E-state index is 0.00421. The number of likely N-dealkylation sites (tertiary alicyclic amines) is 2. The number of amides is 2. The number of methoxy groups -OCH3 is 1. The largest absolute Gasteiger partial charge is 0.467 e. The van der Waals surface area contributed by atoms with Gasteiger partial charge >= 0.3 is 12.0 Å². The lowest BCUT2D eigenvalue weighted by atomic mass is 9.97. The Morgan fingerprint density at radius 3 is 2.29 bits per heavy atom. The first-order chi connectivity index (χ1) is 26.9. The third-order valence-electron chi connectivity index (χ3n) is 11.2. The van der Waals surface area contributed by atoms with Crippen molar-refractivity contribution in [2.75, 3.05) is 39.8 Å². The number of nitrogens with one attached hydrogen (secondary N) is 2. The Kier molecular flexibility index (Phi) is 13.3. The summed E-state index contributed by atoms with van der Waals surface area (Å²) in [7, 11) is 1.32. The van der Waals surface area contributed by atoms with Crippen LogP contribution >= 0.6 is 0 Å². The van der Waals surface area contributed by atoms with Crippen molar-refractivity contribution in [3.05, 3.63) is 131 Å². The van der Waals surface area contributed by atoms with Gasteiger partial charge in [-0.2, -0.15) is 0 Å². The van der Waals surface area contributed by atoms with Crippen molar-refractivity contribution in [2.45, 2.75) is 82.3 Å². The first-order valence-electron chi connectivity index (χ1n) is 19.8. The normalized spacial score (nSPS) is 22.3. The van der Waals surface area contributed by atoms with Gasteiger partial charge in [0, 0.05) is 44.1 Å². The van der Waals surface area contributed by atoms with E-state index in [0.29, 0.717) is 12.5 Å². The van der Waals surface area contributed by atoms with Gasteiger partial charge in [-0.05, 0) is 78.7 Å². The second-order valence-electron chi connectivity index (χ2n) is 15.0. The highest BCUT2D eigenvalue weighted by atomic mass is 16.7. The first kappa shape index (κ1) is 38.7.